The molecule has 0 atom stereocenters. The van der Waals surface area contributed by atoms with Crippen LogP contribution in [0.4, 0.5) is 0 Å². The molecule has 0 aromatic rings. The number of carbonyl (C=O) groups excluding carboxylic acids is 1. The number of amides is 1. The largest absolute Gasteiger partial charge is 0.366 e. The first-order valence-electron chi connectivity index (χ1n) is 7.93. The molecule has 22 heavy (non-hydrogen) atoms. The number of allylic oxidation sites excluding steroid dienone is 9. The summed E-state index contributed by atoms with van der Waals surface area (Å²) in [5.74, 6) is -0.412. The fourth-order valence-electron chi connectivity index (χ4n) is 2.90. The van der Waals surface area contributed by atoms with E-state index in [1.165, 1.54) is 42.1 Å². The van der Waals surface area contributed by atoms with E-state index < -0.39 is 5.91 Å². The lowest BCUT2D eigenvalue weighted by molar-refractivity contribution is -0.113. The van der Waals surface area contributed by atoms with Crippen LogP contribution in [0.1, 0.15) is 53.9 Å². The van der Waals surface area contributed by atoms with Crippen molar-refractivity contribution in [3.05, 3.63) is 58.7 Å². The van der Waals surface area contributed by atoms with Gasteiger partial charge in [-0.3, -0.25) is 4.79 Å². The maximum Gasteiger partial charge on any atom is 0.241 e. The Morgan fingerprint density at radius 2 is 1.86 bits per heavy atom. The Morgan fingerprint density at radius 1 is 1.18 bits per heavy atom. The number of carbonyl (C=O) groups is 1. The quantitative estimate of drug-likeness (QED) is 0.563. The van der Waals surface area contributed by atoms with E-state index in [0.717, 1.165) is 5.57 Å². The van der Waals surface area contributed by atoms with Crippen LogP contribution in [-0.4, -0.2) is 5.91 Å². The first-order valence-corrected chi connectivity index (χ1v) is 7.93. The van der Waals surface area contributed by atoms with Gasteiger partial charge in [0.15, 0.2) is 0 Å². The van der Waals surface area contributed by atoms with Crippen molar-refractivity contribution < 1.29 is 4.79 Å². The van der Waals surface area contributed by atoms with Crippen molar-refractivity contribution in [3.63, 3.8) is 0 Å². The third kappa shape index (κ3) is 5.88. The average molecular weight is 299 g/mol. The molecule has 0 spiro atoms. The van der Waals surface area contributed by atoms with Crippen LogP contribution in [0.15, 0.2) is 58.7 Å². The second-order valence-electron chi connectivity index (χ2n) is 6.83. The molecule has 1 rings (SSSR count). The highest BCUT2D eigenvalue weighted by Crippen LogP contribution is 2.40. The molecule has 0 aliphatic heterocycles. The van der Waals surface area contributed by atoms with E-state index in [2.05, 4.69) is 39.8 Å². The van der Waals surface area contributed by atoms with Crippen molar-refractivity contribution in [1.82, 2.24) is 0 Å². The molecular weight excluding hydrogens is 270 g/mol. The van der Waals surface area contributed by atoms with E-state index in [1.807, 2.05) is 25.2 Å². The highest BCUT2D eigenvalue weighted by atomic mass is 16.1. The Kier molecular flexibility index (Phi) is 6.61. The molecule has 1 aliphatic rings. The molecule has 0 fully saturated rings. The summed E-state index contributed by atoms with van der Waals surface area (Å²) >= 11 is 0. The minimum absolute atomic E-state index is 0.274. The molecule has 0 aromatic heterocycles. The number of hydrogen-bond acceptors (Lipinski definition) is 1. The Balaban J connectivity index is 2.79. The van der Waals surface area contributed by atoms with E-state index in [0.29, 0.717) is 0 Å². The van der Waals surface area contributed by atoms with E-state index in [-0.39, 0.29) is 5.41 Å². The molecule has 0 saturated carbocycles. The molecule has 0 unspecified atom stereocenters. The van der Waals surface area contributed by atoms with E-state index >= 15 is 0 Å². The monoisotopic (exact) mass is 299 g/mol. The topological polar surface area (TPSA) is 43.1 Å². The number of rotatable bonds is 5. The highest BCUT2D eigenvalue weighted by molar-refractivity contribution is 5.86. The molecular formula is C20H29NO. The van der Waals surface area contributed by atoms with Gasteiger partial charge in [-0.25, -0.2) is 0 Å². The Hall–Kier alpha value is -1.83. The van der Waals surface area contributed by atoms with Crippen LogP contribution in [0.25, 0.3) is 0 Å². The van der Waals surface area contributed by atoms with Crippen molar-refractivity contribution in [3.8, 4) is 0 Å². The lowest BCUT2D eigenvalue weighted by atomic mass is 9.72. The summed E-state index contributed by atoms with van der Waals surface area (Å²) in [6.07, 6.45) is 15.5. The van der Waals surface area contributed by atoms with Gasteiger partial charge in [-0.1, -0.05) is 55.4 Å². The first-order chi connectivity index (χ1) is 10.2. The van der Waals surface area contributed by atoms with E-state index in [1.54, 1.807) is 0 Å². The maximum absolute atomic E-state index is 10.8. The summed E-state index contributed by atoms with van der Waals surface area (Å²) in [6.45, 7) is 10.8. The summed E-state index contributed by atoms with van der Waals surface area (Å²) in [6, 6.07) is 0. The van der Waals surface area contributed by atoms with E-state index in [9.17, 15) is 4.79 Å². The summed E-state index contributed by atoms with van der Waals surface area (Å²) in [5.41, 5.74) is 10.4. The van der Waals surface area contributed by atoms with Gasteiger partial charge in [0.1, 0.15) is 0 Å². The van der Waals surface area contributed by atoms with Gasteiger partial charge < -0.3 is 5.73 Å². The van der Waals surface area contributed by atoms with Gasteiger partial charge in [0.2, 0.25) is 5.91 Å². The van der Waals surface area contributed by atoms with Crippen molar-refractivity contribution in [2.45, 2.75) is 53.9 Å². The lowest BCUT2D eigenvalue weighted by Gasteiger charge is -2.32. The summed E-state index contributed by atoms with van der Waals surface area (Å²) < 4.78 is 0. The molecule has 0 heterocycles. The third-order valence-corrected chi connectivity index (χ3v) is 4.14. The van der Waals surface area contributed by atoms with Gasteiger partial charge in [-0.05, 0) is 56.6 Å². The number of nitrogens with two attached hydrogens (primary N) is 1. The molecule has 2 N–H and O–H groups in total. The van der Waals surface area contributed by atoms with Gasteiger partial charge in [-0.2, -0.15) is 0 Å². The molecule has 120 valence electrons. The minimum atomic E-state index is -0.412. The maximum atomic E-state index is 10.8. The molecule has 2 nitrogen and oxygen atoms in total. The zero-order valence-electron chi connectivity index (χ0n) is 14.6. The molecule has 0 aromatic carbocycles. The Bertz CT molecular complexity index is 569. The van der Waals surface area contributed by atoms with Crippen LogP contribution < -0.4 is 5.73 Å². The van der Waals surface area contributed by atoms with Crippen LogP contribution in [-0.2, 0) is 4.79 Å². The van der Waals surface area contributed by atoms with Gasteiger partial charge >= 0.3 is 0 Å². The lowest BCUT2D eigenvalue weighted by Crippen LogP contribution is -2.19. The van der Waals surface area contributed by atoms with Gasteiger partial charge in [0, 0.05) is 6.08 Å². The number of primary amides is 1. The van der Waals surface area contributed by atoms with Crippen molar-refractivity contribution in [1.29, 1.82) is 0 Å². The Labute approximate surface area is 135 Å². The Morgan fingerprint density at radius 3 is 2.45 bits per heavy atom. The summed E-state index contributed by atoms with van der Waals surface area (Å²) in [4.78, 5) is 10.8. The molecule has 2 heteroatoms. The summed E-state index contributed by atoms with van der Waals surface area (Å²) in [5, 5.41) is 0. The zero-order chi connectivity index (χ0) is 16.8. The smallest absolute Gasteiger partial charge is 0.241 e. The molecule has 1 aliphatic carbocycles. The fourth-order valence-corrected chi connectivity index (χ4v) is 2.90. The normalized spacial score (nSPS) is 20.2. The summed E-state index contributed by atoms with van der Waals surface area (Å²) in [7, 11) is 0. The third-order valence-electron chi connectivity index (χ3n) is 4.14. The van der Waals surface area contributed by atoms with Crippen molar-refractivity contribution in [2.75, 3.05) is 0 Å². The van der Waals surface area contributed by atoms with Gasteiger partial charge in [0.05, 0.1) is 0 Å². The van der Waals surface area contributed by atoms with E-state index in [4.69, 9.17) is 5.73 Å². The number of hydrogen-bond donors (Lipinski definition) is 1. The van der Waals surface area contributed by atoms with Crippen LogP contribution in [0.3, 0.4) is 0 Å². The fraction of sp³-hybridized carbons (Fsp3) is 0.450. The van der Waals surface area contributed by atoms with Gasteiger partial charge in [-0.15, -0.1) is 0 Å². The predicted molar refractivity (Wildman–Crippen MR) is 95.3 cm³/mol. The SMILES string of the molecule is CC(C=CC1=C(C)CCCC1(C)C)=CC=CC(C)=CC(N)=O. The zero-order valence-corrected chi connectivity index (χ0v) is 14.6. The van der Waals surface area contributed by atoms with Crippen LogP contribution >= 0.6 is 0 Å². The standard InChI is InChI=1S/C20H29NO/c1-15(8-6-9-16(2)14-19(21)22)11-12-18-17(3)10-7-13-20(18,4)5/h6,8-9,11-12,14H,7,10,13H2,1-5H3,(H2,21,22). The van der Waals surface area contributed by atoms with Crippen molar-refractivity contribution in [2.24, 2.45) is 11.1 Å². The molecule has 0 saturated heterocycles. The minimum Gasteiger partial charge on any atom is -0.366 e. The van der Waals surface area contributed by atoms with Crippen molar-refractivity contribution >= 4 is 5.91 Å². The van der Waals surface area contributed by atoms with Crippen LogP contribution in [0, 0.1) is 5.41 Å². The second-order valence-corrected chi connectivity index (χ2v) is 6.83. The molecule has 1 amide bonds. The van der Waals surface area contributed by atoms with Crippen LogP contribution in [0.5, 0.6) is 0 Å². The predicted octanol–water partition coefficient (Wildman–Crippen LogP) is 5.00. The molecule has 0 radical (unpaired) electrons. The molecule has 0 bridgehead atoms. The second kappa shape index (κ2) is 7.98. The first kappa shape index (κ1) is 18.2. The average Bonchev–Trinajstić information content (AvgIpc) is 2.36. The highest BCUT2D eigenvalue weighted by Gasteiger charge is 2.26. The van der Waals surface area contributed by atoms with Gasteiger partial charge in [0.25, 0.3) is 0 Å². The van der Waals surface area contributed by atoms with Crippen LogP contribution in [0.2, 0.25) is 0 Å².